The molecule has 0 bridgehead atoms. The lowest BCUT2D eigenvalue weighted by atomic mass is 10.1. The molecule has 0 unspecified atom stereocenters. The molecule has 3 aromatic rings. The summed E-state index contributed by atoms with van der Waals surface area (Å²) in [5.41, 5.74) is 0. The van der Waals surface area contributed by atoms with Crippen LogP contribution in [-0.4, -0.2) is 11.6 Å². The summed E-state index contributed by atoms with van der Waals surface area (Å²) in [6, 6.07) is 31.6. The Bertz CT molecular complexity index is 933. The van der Waals surface area contributed by atoms with E-state index in [0.717, 1.165) is 6.42 Å². The maximum Gasteiger partial charge on any atom is 0.160 e. The number of benzene rings is 3. The lowest BCUT2D eigenvalue weighted by molar-refractivity contribution is -0.111. The molecule has 0 N–H and O–H groups in total. The van der Waals surface area contributed by atoms with Gasteiger partial charge in [-0.3, -0.25) is 4.79 Å². The van der Waals surface area contributed by atoms with Gasteiger partial charge in [-0.05, 0) is 41.4 Å². The Hall–Kier alpha value is -2.63. The average molecular weight is 457 g/mol. The zero-order chi connectivity index (χ0) is 23.2. The number of carbonyl (C=O) groups is 1. The van der Waals surface area contributed by atoms with Crippen molar-refractivity contribution in [2.24, 2.45) is 0 Å². The highest BCUT2D eigenvalue weighted by Gasteiger charge is 2.25. The SMILES string of the molecule is CCCCCCCC/C=C\CC(=O)C=P(c1ccccc1)(c1ccccc1)c1ccccc1. The number of unbranched alkanes of at least 4 members (excludes halogenated alkanes) is 6. The summed E-state index contributed by atoms with van der Waals surface area (Å²) >= 11 is 0. The quantitative estimate of drug-likeness (QED) is 0.153. The Morgan fingerprint density at radius 3 is 1.58 bits per heavy atom. The van der Waals surface area contributed by atoms with E-state index in [-0.39, 0.29) is 5.78 Å². The van der Waals surface area contributed by atoms with E-state index in [4.69, 9.17) is 0 Å². The van der Waals surface area contributed by atoms with Crippen molar-refractivity contribution in [3.8, 4) is 0 Å². The van der Waals surface area contributed by atoms with Crippen LogP contribution in [0.1, 0.15) is 58.3 Å². The van der Waals surface area contributed by atoms with Crippen LogP contribution in [0.25, 0.3) is 0 Å². The fraction of sp³-hybridized carbons (Fsp3) is 0.290. The monoisotopic (exact) mass is 456 g/mol. The summed E-state index contributed by atoms with van der Waals surface area (Å²) in [7, 11) is 0. The number of allylic oxidation sites excluding steroid dienone is 2. The van der Waals surface area contributed by atoms with Gasteiger partial charge in [-0.1, -0.05) is 142 Å². The summed E-state index contributed by atoms with van der Waals surface area (Å²) in [6.07, 6.45) is 13.6. The topological polar surface area (TPSA) is 17.1 Å². The van der Waals surface area contributed by atoms with Crippen LogP contribution >= 0.6 is 6.89 Å². The van der Waals surface area contributed by atoms with Crippen molar-refractivity contribution >= 4 is 34.4 Å². The van der Waals surface area contributed by atoms with E-state index < -0.39 is 6.89 Å². The maximum absolute atomic E-state index is 13.3. The smallest absolute Gasteiger partial charge is 0.160 e. The van der Waals surface area contributed by atoms with Gasteiger partial charge in [0.1, 0.15) is 0 Å². The zero-order valence-corrected chi connectivity index (χ0v) is 20.8. The highest BCUT2D eigenvalue weighted by molar-refractivity contribution is 7.95. The zero-order valence-electron chi connectivity index (χ0n) is 19.9. The predicted molar refractivity (Wildman–Crippen MR) is 148 cm³/mol. The molecule has 0 fully saturated rings. The summed E-state index contributed by atoms with van der Waals surface area (Å²) in [6.45, 7) is 0.0562. The third kappa shape index (κ3) is 7.18. The number of hydrogen-bond acceptors (Lipinski definition) is 1. The first kappa shape index (κ1) is 25.0. The molecule has 0 aliphatic carbocycles. The van der Waals surface area contributed by atoms with Crippen LogP contribution in [0.5, 0.6) is 0 Å². The van der Waals surface area contributed by atoms with Crippen LogP contribution in [0.15, 0.2) is 103 Å². The minimum Gasteiger partial charge on any atom is -0.294 e. The number of hydrogen-bond donors (Lipinski definition) is 0. The van der Waals surface area contributed by atoms with Crippen LogP contribution < -0.4 is 15.9 Å². The second kappa shape index (κ2) is 13.8. The van der Waals surface area contributed by atoms with Gasteiger partial charge in [-0.25, -0.2) is 0 Å². The molecule has 0 aromatic heterocycles. The van der Waals surface area contributed by atoms with Crippen LogP contribution in [-0.2, 0) is 4.79 Å². The van der Waals surface area contributed by atoms with Crippen molar-refractivity contribution in [1.29, 1.82) is 0 Å². The number of ketones is 1. The van der Waals surface area contributed by atoms with Crippen LogP contribution in [0, 0.1) is 0 Å². The van der Waals surface area contributed by atoms with E-state index in [0.29, 0.717) is 6.42 Å². The highest BCUT2D eigenvalue weighted by atomic mass is 31.2. The highest BCUT2D eigenvalue weighted by Crippen LogP contribution is 2.43. The molecule has 0 aliphatic rings. The Morgan fingerprint density at radius 1 is 0.636 bits per heavy atom. The summed E-state index contributed by atoms with van der Waals surface area (Å²) in [5, 5.41) is 3.64. The van der Waals surface area contributed by atoms with Gasteiger partial charge >= 0.3 is 0 Å². The molecule has 0 saturated carbocycles. The van der Waals surface area contributed by atoms with Gasteiger partial charge < -0.3 is 0 Å². The molecule has 0 atom stereocenters. The molecule has 2 heteroatoms. The van der Waals surface area contributed by atoms with E-state index >= 15 is 0 Å². The summed E-state index contributed by atoms with van der Waals surface area (Å²) in [4.78, 5) is 13.3. The predicted octanol–water partition coefficient (Wildman–Crippen LogP) is 7.05. The fourth-order valence-corrected chi connectivity index (χ4v) is 8.10. The Kier molecular flexibility index (Phi) is 10.5. The van der Waals surface area contributed by atoms with Gasteiger partial charge in [0.2, 0.25) is 0 Å². The first-order valence-corrected chi connectivity index (χ1v) is 14.2. The van der Waals surface area contributed by atoms with Crippen LogP contribution in [0.3, 0.4) is 0 Å². The van der Waals surface area contributed by atoms with Gasteiger partial charge in [0.15, 0.2) is 5.78 Å². The van der Waals surface area contributed by atoms with Crippen molar-refractivity contribution in [3.63, 3.8) is 0 Å². The van der Waals surface area contributed by atoms with E-state index in [9.17, 15) is 4.79 Å². The maximum atomic E-state index is 13.3. The molecule has 0 spiro atoms. The molecule has 1 nitrogen and oxygen atoms in total. The molecule has 3 rings (SSSR count). The van der Waals surface area contributed by atoms with Crippen LogP contribution in [0.2, 0.25) is 0 Å². The van der Waals surface area contributed by atoms with Crippen LogP contribution in [0.4, 0.5) is 0 Å². The third-order valence-electron chi connectivity index (χ3n) is 6.04. The number of rotatable bonds is 13. The second-order valence-electron chi connectivity index (χ2n) is 8.56. The van der Waals surface area contributed by atoms with E-state index in [1.54, 1.807) is 0 Å². The van der Waals surface area contributed by atoms with Gasteiger partial charge in [0.25, 0.3) is 0 Å². The van der Waals surface area contributed by atoms with E-state index in [2.05, 4.69) is 91.9 Å². The third-order valence-corrected chi connectivity index (χ3v) is 10.1. The summed E-state index contributed by atoms with van der Waals surface area (Å²) < 4.78 is 0. The minimum atomic E-state index is -2.19. The average Bonchev–Trinajstić information content (AvgIpc) is 2.88. The lowest BCUT2D eigenvalue weighted by Crippen LogP contribution is -2.28. The van der Waals surface area contributed by atoms with Gasteiger partial charge in [-0.2, -0.15) is 0 Å². The molecule has 0 saturated heterocycles. The molecule has 0 aliphatic heterocycles. The van der Waals surface area contributed by atoms with E-state index in [1.165, 1.54) is 54.4 Å². The van der Waals surface area contributed by atoms with Crippen molar-refractivity contribution in [3.05, 3.63) is 103 Å². The molecule has 0 amide bonds. The molecule has 0 heterocycles. The molecule has 172 valence electrons. The van der Waals surface area contributed by atoms with E-state index in [1.807, 2.05) is 24.0 Å². The number of carbonyl (C=O) groups excluding carboxylic acids is 1. The van der Waals surface area contributed by atoms with Crippen molar-refractivity contribution in [2.75, 3.05) is 0 Å². The lowest BCUT2D eigenvalue weighted by Gasteiger charge is -2.28. The largest absolute Gasteiger partial charge is 0.294 e. The Labute approximate surface area is 200 Å². The Morgan fingerprint density at radius 2 is 1.09 bits per heavy atom. The molecule has 0 radical (unpaired) electrons. The standard InChI is InChI=1S/C31H37OP/c1-2-3-4-5-6-7-8-9-13-20-28(32)27-33(29-21-14-10-15-22-29,30-23-16-11-17-24-30)31-25-18-12-19-26-31/h9-19,21-27H,2-8,20H2,1H3/b13-9-. The normalized spacial score (nSPS) is 11.5. The van der Waals surface area contributed by atoms with Gasteiger partial charge in [0.05, 0.1) is 0 Å². The number of Topliss-reactive ketones (excluding diaryl/α,β-unsaturated/α-hetero) is 1. The first-order valence-electron chi connectivity index (χ1n) is 12.4. The summed E-state index contributed by atoms with van der Waals surface area (Å²) in [5.74, 6) is 2.24. The van der Waals surface area contributed by atoms with Crippen molar-refractivity contribution in [1.82, 2.24) is 0 Å². The van der Waals surface area contributed by atoms with Gasteiger partial charge in [-0.15, -0.1) is 0 Å². The van der Waals surface area contributed by atoms with Crippen molar-refractivity contribution < 1.29 is 4.79 Å². The second-order valence-corrected chi connectivity index (χ2v) is 11.8. The molecular weight excluding hydrogens is 419 g/mol. The molecule has 33 heavy (non-hydrogen) atoms. The Balaban J connectivity index is 1.86. The fourth-order valence-electron chi connectivity index (χ4n) is 4.29. The molecule has 3 aromatic carbocycles. The minimum absolute atomic E-state index is 0.194. The van der Waals surface area contributed by atoms with Crippen molar-refractivity contribution in [2.45, 2.75) is 58.3 Å². The molecular formula is C31H37OP. The van der Waals surface area contributed by atoms with Gasteiger partial charge in [0, 0.05) is 6.42 Å². The first-order chi connectivity index (χ1) is 16.3.